The largest absolute Gasteiger partial charge is 0.491 e. The molecule has 0 bridgehead atoms. The van der Waals surface area contributed by atoms with Gasteiger partial charge < -0.3 is 20.1 Å². The molecule has 5 nitrogen and oxygen atoms in total. The van der Waals surface area contributed by atoms with E-state index in [-0.39, 0.29) is 12.2 Å². The van der Waals surface area contributed by atoms with E-state index in [9.17, 15) is 4.79 Å². The number of ether oxygens (including phenoxy) is 1. The maximum absolute atomic E-state index is 11.4. The van der Waals surface area contributed by atoms with Crippen molar-refractivity contribution < 1.29 is 9.84 Å². The summed E-state index contributed by atoms with van der Waals surface area (Å²) in [6, 6.07) is 9.01. The van der Waals surface area contributed by atoms with Gasteiger partial charge >= 0.3 is 0 Å². The van der Waals surface area contributed by atoms with Crippen LogP contribution in [0.2, 0.25) is 0 Å². The van der Waals surface area contributed by atoms with Crippen molar-refractivity contribution in [3.8, 4) is 5.75 Å². The fourth-order valence-corrected chi connectivity index (χ4v) is 1.98. The second-order valence-electron chi connectivity index (χ2n) is 4.57. The molecule has 0 radical (unpaired) electrons. The molecular weight excluding hydrogens is 256 g/mol. The molecule has 0 saturated heterocycles. The van der Waals surface area contributed by atoms with Gasteiger partial charge in [-0.2, -0.15) is 0 Å². The molecule has 108 valence electrons. The summed E-state index contributed by atoms with van der Waals surface area (Å²) in [6.45, 7) is 2.47. The van der Waals surface area contributed by atoms with Gasteiger partial charge in [-0.1, -0.05) is 12.1 Å². The molecule has 0 amide bonds. The van der Waals surface area contributed by atoms with Gasteiger partial charge in [-0.05, 0) is 38.1 Å². The minimum atomic E-state index is -0.126. The Morgan fingerprint density at radius 3 is 2.85 bits per heavy atom. The van der Waals surface area contributed by atoms with E-state index in [0.29, 0.717) is 12.4 Å². The van der Waals surface area contributed by atoms with Crippen LogP contribution in [0.3, 0.4) is 0 Å². The average molecular weight is 276 g/mol. The molecule has 2 rings (SSSR count). The normalized spacial score (nSPS) is 10.8. The number of aromatic amines is 1. The highest BCUT2D eigenvalue weighted by atomic mass is 16.5. The Morgan fingerprint density at radius 1 is 1.15 bits per heavy atom. The van der Waals surface area contributed by atoms with E-state index in [4.69, 9.17) is 9.84 Å². The SMILES string of the molecule is O=c1ccc2cccc(OCCCNCCCO)c2[nH]1. The fraction of sp³-hybridized carbons (Fsp3) is 0.400. The van der Waals surface area contributed by atoms with E-state index < -0.39 is 0 Å². The minimum Gasteiger partial charge on any atom is -0.491 e. The average Bonchev–Trinajstić information content (AvgIpc) is 2.46. The molecular formula is C15H20N2O3. The van der Waals surface area contributed by atoms with Crippen LogP contribution in [-0.2, 0) is 0 Å². The molecule has 0 fully saturated rings. The monoisotopic (exact) mass is 276 g/mol. The van der Waals surface area contributed by atoms with E-state index in [1.807, 2.05) is 18.2 Å². The highest BCUT2D eigenvalue weighted by Gasteiger charge is 2.02. The Balaban J connectivity index is 1.87. The molecule has 1 aromatic carbocycles. The van der Waals surface area contributed by atoms with Crippen molar-refractivity contribution in [2.24, 2.45) is 0 Å². The first-order valence-corrected chi connectivity index (χ1v) is 6.87. The third kappa shape index (κ3) is 4.08. The van der Waals surface area contributed by atoms with Crippen molar-refractivity contribution in [2.45, 2.75) is 12.8 Å². The summed E-state index contributed by atoms with van der Waals surface area (Å²) in [7, 11) is 0. The van der Waals surface area contributed by atoms with Crippen molar-refractivity contribution >= 4 is 10.9 Å². The second kappa shape index (κ2) is 7.67. The van der Waals surface area contributed by atoms with Gasteiger partial charge in [-0.3, -0.25) is 4.79 Å². The lowest BCUT2D eigenvalue weighted by Gasteiger charge is -2.09. The molecule has 20 heavy (non-hydrogen) atoms. The van der Waals surface area contributed by atoms with Crippen LogP contribution in [0.25, 0.3) is 10.9 Å². The van der Waals surface area contributed by atoms with Crippen LogP contribution in [0.1, 0.15) is 12.8 Å². The van der Waals surface area contributed by atoms with Gasteiger partial charge in [0.05, 0.1) is 12.1 Å². The molecule has 2 aromatic rings. The first kappa shape index (κ1) is 14.6. The molecule has 0 aliphatic rings. The zero-order valence-corrected chi connectivity index (χ0v) is 11.4. The van der Waals surface area contributed by atoms with Crippen LogP contribution in [0, 0.1) is 0 Å². The molecule has 1 heterocycles. The Morgan fingerprint density at radius 2 is 2.00 bits per heavy atom. The van der Waals surface area contributed by atoms with Gasteiger partial charge in [0.15, 0.2) is 0 Å². The molecule has 3 N–H and O–H groups in total. The predicted molar refractivity (Wildman–Crippen MR) is 79.3 cm³/mol. The van der Waals surface area contributed by atoms with Crippen LogP contribution in [0.15, 0.2) is 35.1 Å². The fourth-order valence-electron chi connectivity index (χ4n) is 1.98. The third-order valence-electron chi connectivity index (χ3n) is 2.99. The molecule has 0 unspecified atom stereocenters. The van der Waals surface area contributed by atoms with E-state index in [0.717, 1.165) is 36.8 Å². The highest BCUT2D eigenvalue weighted by molar-refractivity contribution is 5.84. The lowest BCUT2D eigenvalue weighted by molar-refractivity contribution is 0.282. The van der Waals surface area contributed by atoms with Gasteiger partial charge in [0.1, 0.15) is 5.75 Å². The Bertz CT molecular complexity index is 595. The molecule has 5 heteroatoms. The molecule has 0 aliphatic carbocycles. The van der Waals surface area contributed by atoms with Crippen LogP contribution in [0.4, 0.5) is 0 Å². The smallest absolute Gasteiger partial charge is 0.248 e. The van der Waals surface area contributed by atoms with Crippen molar-refractivity contribution in [3.63, 3.8) is 0 Å². The van der Waals surface area contributed by atoms with Crippen LogP contribution in [-0.4, -0.2) is 36.4 Å². The number of aromatic nitrogens is 1. The van der Waals surface area contributed by atoms with Crippen LogP contribution in [0.5, 0.6) is 5.75 Å². The van der Waals surface area contributed by atoms with Crippen LogP contribution >= 0.6 is 0 Å². The number of aliphatic hydroxyl groups is 1. The van der Waals surface area contributed by atoms with Gasteiger partial charge in [0.2, 0.25) is 5.56 Å². The quantitative estimate of drug-likeness (QED) is 0.635. The number of hydrogen-bond acceptors (Lipinski definition) is 4. The number of benzene rings is 1. The van der Waals surface area contributed by atoms with Crippen LogP contribution < -0.4 is 15.6 Å². The molecule has 0 atom stereocenters. The summed E-state index contributed by atoms with van der Waals surface area (Å²) in [4.78, 5) is 14.2. The number of pyridine rings is 1. The number of hydrogen-bond donors (Lipinski definition) is 3. The Kier molecular flexibility index (Phi) is 5.58. The van der Waals surface area contributed by atoms with Crippen molar-refractivity contribution in [3.05, 3.63) is 40.7 Å². The summed E-state index contributed by atoms with van der Waals surface area (Å²) < 4.78 is 5.72. The molecule has 0 spiro atoms. The maximum atomic E-state index is 11.4. The second-order valence-corrected chi connectivity index (χ2v) is 4.57. The van der Waals surface area contributed by atoms with E-state index in [2.05, 4.69) is 10.3 Å². The number of rotatable bonds is 8. The Labute approximate surface area is 117 Å². The molecule has 0 aliphatic heterocycles. The Hall–Kier alpha value is -1.85. The first-order valence-electron chi connectivity index (χ1n) is 6.87. The lowest BCUT2D eigenvalue weighted by atomic mass is 10.2. The summed E-state index contributed by atoms with van der Waals surface area (Å²) in [5.41, 5.74) is 0.618. The summed E-state index contributed by atoms with van der Waals surface area (Å²) in [5, 5.41) is 12.8. The van der Waals surface area contributed by atoms with Gasteiger partial charge in [0, 0.05) is 18.1 Å². The zero-order valence-electron chi connectivity index (χ0n) is 11.4. The highest BCUT2D eigenvalue weighted by Crippen LogP contribution is 2.21. The number of nitrogens with one attached hydrogen (secondary N) is 2. The van der Waals surface area contributed by atoms with Crippen molar-refractivity contribution in [2.75, 3.05) is 26.3 Å². The van der Waals surface area contributed by atoms with Crippen molar-refractivity contribution in [1.82, 2.24) is 10.3 Å². The van der Waals surface area contributed by atoms with E-state index in [1.54, 1.807) is 6.07 Å². The number of aliphatic hydroxyl groups excluding tert-OH is 1. The van der Waals surface area contributed by atoms with Gasteiger partial charge in [-0.15, -0.1) is 0 Å². The number of H-pyrrole nitrogens is 1. The lowest BCUT2D eigenvalue weighted by Crippen LogP contribution is -2.19. The van der Waals surface area contributed by atoms with Gasteiger partial charge in [-0.25, -0.2) is 0 Å². The minimum absolute atomic E-state index is 0.126. The molecule has 1 aromatic heterocycles. The maximum Gasteiger partial charge on any atom is 0.248 e. The van der Waals surface area contributed by atoms with Crippen molar-refractivity contribution in [1.29, 1.82) is 0 Å². The molecule has 0 saturated carbocycles. The number of fused-ring (bicyclic) bond motifs is 1. The standard InChI is InChI=1S/C15H20N2O3/c18-10-2-8-16-9-3-11-20-13-5-1-4-12-6-7-14(19)17-15(12)13/h1,4-7,16,18H,2-3,8-11H2,(H,17,19). The summed E-state index contributed by atoms with van der Waals surface area (Å²) in [5.74, 6) is 0.704. The van der Waals surface area contributed by atoms with E-state index >= 15 is 0 Å². The topological polar surface area (TPSA) is 74.3 Å². The van der Waals surface area contributed by atoms with Gasteiger partial charge in [0.25, 0.3) is 0 Å². The zero-order chi connectivity index (χ0) is 14.2. The first-order chi connectivity index (χ1) is 9.81. The summed E-state index contributed by atoms with van der Waals surface area (Å²) in [6.07, 6.45) is 1.64. The van der Waals surface area contributed by atoms with E-state index in [1.165, 1.54) is 6.07 Å². The predicted octanol–water partition coefficient (Wildman–Crippen LogP) is 1.27. The number of para-hydroxylation sites is 1. The third-order valence-corrected chi connectivity index (χ3v) is 2.99. The summed E-state index contributed by atoms with van der Waals surface area (Å²) >= 11 is 0.